The standard InChI is InChI=1S/C15H23NO4/c1-3-5-14(15(17)18)16-10-4-11-20-13-8-6-12(19-2)7-9-13/h6-9,14,16H,3-5,10-11H2,1-2H3,(H,17,18). The van der Waals surface area contributed by atoms with Gasteiger partial charge in [0.05, 0.1) is 13.7 Å². The number of carboxylic acids is 1. The molecule has 0 aromatic heterocycles. The Morgan fingerprint density at radius 1 is 1.30 bits per heavy atom. The Kier molecular flexibility index (Phi) is 7.50. The molecule has 0 bridgehead atoms. The molecule has 0 saturated carbocycles. The van der Waals surface area contributed by atoms with Crippen LogP contribution in [0.3, 0.4) is 0 Å². The van der Waals surface area contributed by atoms with E-state index in [1.807, 2.05) is 31.2 Å². The fourth-order valence-electron chi connectivity index (χ4n) is 1.81. The molecular weight excluding hydrogens is 258 g/mol. The topological polar surface area (TPSA) is 67.8 Å². The van der Waals surface area contributed by atoms with Crippen LogP contribution in [0.4, 0.5) is 0 Å². The van der Waals surface area contributed by atoms with Gasteiger partial charge < -0.3 is 19.9 Å². The summed E-state index contributed by atoms with van der Waals surface area (Å²) in [4.78, 5) is 10.9. The predicted molar refractivity (Wildman–Crippen MR) is 77.4 cm³/mol. The van der Waals surface area contributed by atoms with Gasteiger partial charge >= 0.3 is 5.97 Å². The monoisotopic (exact) mass is 281 g/mol. The zero-order chi connectivity index (χ0) is 14.8. The van der Waals surface area contributed by atoms with E-state index < -0.39 is 12.0 Å². The Morgan fingerprint density at radius 2 is 1.95 bits per heavy atom. The van der Waals surface area contributed by atoms with E-state index in [0.29, 0.717) is 19.6 Å². The van der Waals surface area contributed by atoms with E-state index in [0.717, 1.165) is 24.3 Å². The number of nitrogens with one attached hydrogen (secondary N) is 1. The van der Waals surface area contributed by atoms with Gasteiger partial charge in [0.2, 0.25) is 0 Å². The number of ether oxygens (including phenoxy) is 2. The summed E-state index contributed by atoms with van der Waals surface area (Å²) in [6.45, 7) is 3.16. The summed E-state index contributed by atoms with van der Waals surface area (Å²) in [7, 11) is 1.62. The zero-order valence-electron chi connectivity index (χ0n) is 12.1. The quantitative estimate of drug-likeness (QED) is 0.644. The first kappa shape index (κ1) is 16.3. The molecule has 0 aliphatic rings. The lowest BCUT2D eigenvalue weighted by Gasteiger charge is -2.13. The minimum Gasteiger partial charge on any atom is -0.497 e. The molecule has 0 heterocycles. The van der Waals surface area contributed by atoms with Crippen LogP contribution in [-0.2, 0) is 4.79 Å². The highest BCUT2D eigenvalue weighted by Gasteiger charge is 2.14. The third kappa shape index (κ3) is 5.93. The number of carboxylic acid groups (broad SMARTS) is 1. The van der Waals surface area contributed by atoms with Crippen molar-refractivity contribution in [2.24, 2.45) is 0 Å². The lowest BCUT2D eigenvalue weighted by Crippen LogP contribution is -2.37. The van der Waals surface area contributed by atoms with Gasteiger partial charge in [-0.1, -0.05) is 13.3 Å². The molecule has 0 fully saturated rings. The minimum absolute atomic E-state index is 0.457. The van der Waals surface area contributed by atoms with Gasteiger partial charge in [-0.3, -0.25) is 4.79 Å². The molecule has 5 nitrogen and oxygen atoms in total. The summed E-state index contributed by atoms with van der Waals surface area (Å²) in [5.74, 6) is 0.792. The average Bonchev–Trinajstić information content (AvgIpc) is 2.46. The van der Waals surface area contributed by atoms with Crippen molar-refractivity contribution in [3.8, 4) is 11.5 Å². The van der Waals surface area contributed by atoms with E-state index in [4.69, 9.17) is 14.6 Å². The Hall–Kier alpha value is -1.75. The number of benzene rings is 1. The lowest BCUT2D eigenvalue weighted by molar-refractivity contribution is -0.139. The molecule has 1 unspecified atom stereocenters. The summed E-state index contributed by atoms with van der Waals surface area (Å²) in [6, 6.07) is 6.93. The van der Waals surface area contributed by atoms with Gasteiger partial charge in [-0.25, -0.2) is 0 Å². The maximum Gasteiger partial charge on any atom is 0.320 e. The molecule has 20 heavy (non-hydrogen) atoms. The molecule has 2 N–H and O–H groups in total. The first-order chi connectivity index (χ1) is 9.67. The van der Waals surface area contributed by atoms with Crippen LogP contribution in [0.5, 0.6) is 11.5 Å². The molecule has 0 spiro atoms. The van der Waals surface area contributed by atoms with E-state index in [1.165, 1.54) is 0 Å². The Bertz CT molecular complexity index is 391. The summed E-state index contributed by atoms with van der Waals surface area (Å²) >= 11 is 0. The number of aliphatic carboxylic acids is 1. The molecule has 0 aliphatic carbocycles. The highest BCUT2D eigenvalue weighted by atomic mass is 16.5. The van der Waals surface area contributed by atoms with Crippen LogP contribution in [0, 0.1) is 0 Å². The lowest BCUT2D eigenvalue weighted by atomic mass is 10.1. The summed E-state index contributed by atoms with van der Waals surface area (Å²) in [5.41, 5.74) is 0. The molecule has 112 valence electrons. The van der Waals surface area contributed by atoms with Crippen molar-refractivity contribution in [2.45, 2.75) is 32.2 Å². The van der Waals surface area contributed by atoms with Crippen LogP contribution in [0.15, 0.2) is 24.3 Å². The smallest absolute Gasteiger partial charge is 0.320 e. The van der Waals surface area contributed by atoms with Crippen molar-refractivity contribution in [3.63, 3.8) is 0 Å². The third-order valence-electron chi connectivity index (χ3n) is 2.92. The molecule has 1 rings (SSSR count). The van der Waals surface area contributed by atoms with Crippen LogP contribution in [-0.4, -0.2) is 37.4 Å². The van der Waals surface area contributed by atoms with Crippen molar-refractivity contribution in [1.29, 1.82) is 0 Å². The highest BCUT2D eigenvalue weighted by molar-refractivity contribution is 5.73. The zero-order valence-corrected chi connectivity index (χ0v) is 12.1. The summed E-state index contributed by atoms with van der Waals surface area (Å²) < 4.78 is 10.6. The second-order valence-corrected chi connectivity index (χ2v) is 4.51. The SMILES string of the molecule is CCCC(NCCCOc1ccc(OC)cc1)C(=O)O. The van der Waals surface area contributed by atoms with E-state index in [1.54, 1.807) is 7.11 Å². The molecular formula is C15H23NO4. The molecule has 0 saturated heterocycles. The summed E-state index contributed by atoms with van der Waals surface area (Å²) in [5, 5.41) is 12.0. The normalized spacial score (nSPS) is 11.9. The van der Waals surface area contributed by atoms with E-state index in [-0.39, 0.29) is 0 Å². The number of carbonyl (C=O) groups is 1. The summed E-state index contributed by atoms with van der Waals surface area (Å²) in [6.07, 6.45) is 2.26. The molecule has 5 heteroatoms. The van der Waals surface area contributed by atoms with Gasteiger partial charge in [-0.2, -0.15) is 0 Å². The second-order valence-electron chi connectivity index (χ2n) is 4.51. The number of hydrogen-bond donors (Lipinski definition) is 2. The largest absolute Gasteiger partial charge is 0.497 e. The van der Waals surface area contributed by atoms with Gasteiger partial charge in [0.1, 0.15) is 17.5 Å². The van der Waals surface area contributed by atoms with Crippen LogP contribution in [0.1, 0.15) is 26.2 Å². The first-order valence-corrected chi connectivity index (χ1v) is 6.90. The second kappa shape index (κ2) is 9.20. The number of rotatable bonds is 10. The molecule has 0 radical (unpaired) electrons. The van der Waals surface area contributed by atoms with E-state index in [2.05, 4.69) is 5.32 Å². The maximum atomic E-state index is 10.9. The van der Waals surface area contributed by atoms with Crippen molar-refractivity contribution in [1.82, 2.24) is 5.32 Å². The Labute approximate surface area is 119 Å². The average molecular weight is 281 g/mol. The maximum absolute atomic E-state index is 10.9. The highest BCUT2D eigenvalue weighted by Crippen LogP contribution is 2.16. The predicted octanol–water partition coefficient (Wildman–Crippen LogP) is 2.31. The van der Waals surface area contributed by atoms with Gasteiger partial charge in [0, 0.05) is 0 Å². The van der Waals surface area contributed by atoms with E-state index >= 15 is 0 Å². The molecule has 0 amide bonds. The molecule has 1 aromatic rings. The van der Waals surface area contributed by atoms with E-state index in [9.17, 15) is 4.79 Å². The van der Waals surface area contributed by atoms with Gasteiger partial charge in [0.25, 0.3) is 0 Å². The van der Waals surface area contributed by atoms with Crippen LogP contribution in [0.2, 0.25) is 0 Å². The van der Waals surface area contributed by atoms with Gasteiger partial charge in [-0.15, -0.1) is 0 Å². The molecule has 0 aliphatic heterocycles. The van der Waals surface area contributed by atoms with Crippen LogP contribution < -0.4 is 14.8 Å². The Morgan fingerprint density at radius 3 is 2.50 bits per heavy atom. The fraction of sp³-hybridized carbons (Fsp3) is 0.533. The fourth-order valence-corrected chi connectivity index (χ4v) is 1.81. The molecule has 1 aromatic carbocycles. The number of methoxy groups -OCH3 is 1. The van der Waals surface area contributed by atoms with Gasteiger partial charge in [0.15, 0.2) is 0 Å². The van der Waals surface area contributed by atoms with Crippen molar-refractivity contribution < 1.29 is 19.4 Å². The molecule has 1 atom stereocenters. The van der Waals surface area contributed by atoms with Crippen LogP contribution >= 0.6 is 0 Å². The Balaban J connectivity index is 2.19. The van der Waals surface area contributed by atoms with Crippen molar-refractivity contribution in [2.75, 3.05) is 20.3 Å². The van der Waals surface area contributed by atoms with Crippen molar-refractivity contribution in [3.05, 3.63) is 24.3 Å². The third-order valence-corrected chi connectivity index (χ3v) is 2.92. The van der Waals surface area contributed by atoms with Crippen LogP contribution in [0.25, 0.3) is 0 Å². The first-order valence-electron chi connectivity index (χ1n) is 6.90. The number of hydrogen-bond acceptors (Lipinski definition) is 4. The van der Waals surface area contributed by atoms with Crippen molar-refractivity contribution >= 4 is 5.97 Å². The van der Waals surface area contributed by atoms with Gasteiger partial charge in [-0.05, 0) is 43.7 Å². The minimum atomic E-state index is -0.789.